The first-order valence-electron chi connectivity index (χ1n) is 10.3. The molecule has 156 valence electrons. The standard InChI is InChI=1S/C21H30N6OS/c1-4-10-26-17(3)23-27(21(26)29)16-25-13-11-24(12-14-25)15-20(28)22-19-9-7-6-8-18(19)5-2/h4,6-9H,1,5,10-16H2,2-3H3,(H,22,28)/p+2. The number of para-hydroxylation sites is 1. The van der Waals surface area contributed by atoms with E-state index in [1.807, 2.05) is 40.4 Å². The fourth-order valence-corrected chi connectivity index (χ4v) is 4.18. The number of carbonyl (C=O) groups is 1. The van der Waals surface area contributed by atoms with Gasteiger partial charge in [-0.25, -0.2) is 0 Å². The van der Waals surface area contributed by atoms with Crippen molar-refractivity contribution in [2.24, 2.45) is 0 Å². The van der Waals surface area contributed by atoms with Crippen LogP contribution in [0.2, 0.25) is 0 Å². The third kappa shape index (κ3) is 5.41. The van der Waals surface area contributed by atoms with Crippen LogP contribution in [0, 0.1) is 11.7 Å². The van der Waals surface area contributed by atoms with Crippen molar-refractivity contribution in [1.29, 1.82) is 0 Å². The lowest BCUT2D eigenvalue weighted by molar-refractivity contribution is -1.02. The molecule has 0 radical (unpaired) electrons. The molecule has 0 bridgehead atoms. The van der Waals surface area contributed by atoms with Crippen LogP contribution in [0.15, 0.2) is 36.9 Å². The molecule has 2 aromatic rings. The Labute approximate surface area is 177 Å². The Hall–Kier alpha value is -2.29. The lowest BCUT2D eigenvalue weighted by Gasteiger charge is -2.29. The minimum atomic E-state index is 0.0883. The Bertz CT molecular complexity index is 910. The van der Waals surface area contributed by atoms with Crippen LogP contribution in [0.4, 0.5) is 5.69 Å². The third-order valence-corrected chi connectivity index (χ3v) is 5.97. The molecular weight excluding hydrogens is 384 g/mol. The number of aryl methyl sites for hydroxylation is 2. The highest BCUT2D eigenvalue weighted by molar-refractivity contribution is 7.71. The number of benzene rings is 1. The van der Waals surface area contributed by atoms with Crippen LogP contribution in [0.5, 0.6) is 0 Å². The number of rotatable bonds is 8. The molecular formula is C21H32N6OS+2. The van der Waals surface area contributed by atoms with Crippen molar-refractivity contribution in [3.8, 4) is 0 Å². The van der Waals surface area contributed by atoms with E-state index in [0.717, 1.165) is 55.6 Å². The van der Waals surface area contributed by atoms with Crippen molar-refractivity contribution >= 4 is 23.8 Å². The van der Waals surface area contributed by atoms with Crippen molar-refractivity contribution in [3.05, 3.63) is 53.1 Å². The summed E-state index contributed by atoms with van der Waals surface area (Å²) in [6, 6.07) is 8.02. The average Bonchev–Trinajstić information content (AvgIpc) is 2.97. The second-order valence-electron chi connectivity index (χ2n) is 7.62. The van der Waals surface area contributed by atoms with E-state index in [0.29, 0.717) is 13.1 Å². The average molecular weight is 417 g/mol. The highest BCUT2D eigenvalue weighted by Gasteiger charge is 2.25. The summed E-state index contributed by atoms with van der Waals surface area (Å²) in [6.45, 7) is 13.8. The number of hydrogen-bond acceptors (Lipinski definition) is 3. The van der Waals surface area contributed by atoms with Crippen molar-refractivity contribution < 1.29 is 14.6 Å². The van der Waals surface area contributed by atoms with Gasteiger partial charge in [-0.3, -0.25) is 4.79 Å². The summed E-state index contributed by atoms with van der Waals surface area (Å²) in [6.07, 6.45) is 2.75. The van der Waals surface area contributed by atoms with Crippen molar-refractivity contribution in [3.63, 3.8) is 0 Å². The van der Waals surface area contributed by atoms with E-state index in [4.69, 9.17) is 12.2 Å². The molecule has 0 saturated carbocycles. The molecule has 0 aliphatic carbocycles. The highest BCUT2D eigenvalue weighted by Crippen LogP contribution is 2.14. The molecule has 8 heteroatoms. The number of nitrogens with zero attached hydrogens (tertiary/aromatic N) is 3. The summed E-state index contributed by atoms with van der Waals surface area (Å²) in [4.78, 5) is 15.3. The van der Waals surface area contributed by atoms with E-state index in [1.165, 1.54) is 15.4 Å². The molecule has 1 aliphatic rings. The van der Waals surface area contributed by atoms with Gasteiger partial charge in [-0.15, -0.1) is 6.58 Å². The largest absolute Gasteiger partial charge is 0.321 e. The molecule has 1 amide bonds. The molecule has 1 aromatic heterocycles. The maximum atomic E-state index is 12.5. The van der Waals surface area contributed by atoms with Gasteiger partial charge in [0.15, 0.2) is 13.2 Å². The zero-order chi connectivity index (χ0) is 20.8. The van der Waals surface area contributed by atoms with Crippen LogP contribution in [0.3, 0.4) is 0 Å². The number of allylic oxidation sites excluding steroid dienone is 1. The Morgan fingerprint density at radius 1 is 1.28 bits per heavy atom. The van der Waals surface area contributed by atoms with Crippen LogP contribution in [-0.2, 0) is 24.4 Å². The molecule has 0 unspecified atom stereocenters. The molecule has 0 atom stereocenters. The smallest absolute Gasteiger partial charge is 0.279 e. The Morgan fingerprint density at radius 3 is 2.66 bits per heavy atom. The first-order chi connectivity index (χ1) is 14.0. The number of carbonyl (C=O) groups excluding carboxylic acids is 1. The van der Waals surface area contributed by atoms with Gasteiger partial charge in [0.2, 0.25) is 4.77 Å². The van der Waals surface area contributed by atoms with Gasteiger partial charge in [0, 0.05) is 12.2 Å². The summed E-state index contributed by atoms with van der Waals surface area (Å²) in [5.41, 5.74) is 2.11. The molecule has 0 spiro atoms. The molecule has 7 nitrogen and oxygen atoms in total. The topological polar surface area (TPSA) is 60.7 Å². The first kappa shape index (κ1) is 21.4. The molecule has 3 rings (SSSR count). The van der Waals surface area contributed by atoms with Gasteiger partial charge in [0.05, 0.1) is 0 Å². The van der Waals surface area contributed by atoms with Crippen molar-refractivity contribution in [2.45, 2.75) is 33.5 Å². The van der Waals surface area contributed by atoms with Gasteiger partial charge >= 0.3 is 0 Å². The Kier molecular flexibility index (Phi) is 7.35. The summed E-state index contributed by atoms with van der Waals surface area (Å²) in [5.74, 6) is 1.01. The van der Waals surface area contributed by atoms with Crippen molar-refractivity contribution in [1.82, 2.24) is 14.3 Å². The number of aromatic nitrogens is 3. The third-order valence-electron chi connectivity index (χ3n) is 5.54. The van der Waals surface area contributed by atoms with Gasteiger partial charge in [-0.05, 0) is 37.2 Å². The fraction of sp³-hybridized carbons (Fsp3) is 0.476. The maximum absolute atomic E-state index is 12.5. The maximum Gasteiger partial charge on any atom is 0.279 e. The number of anilines is 1. The predicted octanol–water partition coefficient (Wildman–Crippen LogP) is -0.149. The van der Waals surface area contributed by atoms with E-state index in [-0.39, 0.29) is 5.91 Å². The quantitative estimate of drug-likeness (QED) is 0.414. The van der Waals surface area contributed by atoms with Crippen LogP contribution in [0.1, 0.15) is 18.3 Å². The normalized spacial score (nSPS) is 19.1. The Balaban J connectivity index is 1.49. The number of quaternary nitrogens is 2. The van der Waals surface area contributed by atoms with Gasteiger partial charge in [-0.1, -0.05) is 31.2 Å². The van der Waals surface area contributed by atoms with E-state index in [1.54, 1.807) is 0 Å². The lowest BCUT2D eigenvalue weighted by Crippen LogP contribution is -3.28. The molecule has 29 heavy (non-hydrogen) atoms. The van der Waals surface area contributed by atoms with Crippen LogP contribution < -0.4 is 15.1 Å². The van der Waals surface area contributed by atoms with Crippen LogP contribution >= 0.6 is 12.2 Å². The minimum Gasteiger partial charge on any atom is -0.321 e. The van der Waals surface area contributed by atoms with Gasteiger partial charge < -0.3 is 19.7 Å². The molecule has 1 aliphatic heterocycles. The summed E-state index contributed by atoms with van der Waals surface area (Å²) >= 11 is 5.55. The van der Waals surface area contributed by atoms with Crippen molar-refractivity contribution in [2.75, 3.05) is 38.0 Å². The number of hydrogen-bond donors (Lipinski definition) is 3. The molecule has 2 heterocycles. The summed E-state index contributed by atoms with van der Waals surface area (Å²) in [7, 11) is 0. The monoisotopic (exact) mass is 416 g/mol. The van der Waals surface area contributed by atoms with Crippen LogP contribution in [-0.4, -0.2) is 53.0 Å². The highest BCUT2D eigenvalue weighted by atomic mass is 32.1. The SMILES string of the molecule is C=CCn1c(C)nn(C[NH+]2CC[NH+](CC(=O)Nc3ccccc3CC)CC2)c1=S. The molecule has 1 aromatic carbocycles. The van der Waals surface area contributed by atoms with Gasteiger partial charge in [-0.2, -0.15) is 9.78 Å². The van der Waals surface area contributed by atoms with Gasteiger partial charge in [0.1, 0.15) is 32.0 Å². The van der Waals surface area contributed by atoms with E-state index < -0.39 is 0 Å². The second-order valence-corrected chi connectivity index (χ2v) is 7.99. The van der Waals surface area contributed by atoms with E-state index in [9.17, 15) is 4.79 Å². The van der Waals surface area contributed by atoms with E-state index in [2.05, 4.69) is 30.0 Å². The fourth-order valence-electron chi connectivity index (χ4n) is 3.87. The zero-order valence-electron chi connectivity index (χ0n) is 17.4. The first-order valence-corrected chi connectivity index (χ1v) is 10.7. The van der Waals surface area contributed by atoms with E-state index >= 15 is 0 Å². The van der Waals surface area contributed by atoms with Gasteiger partial charge in [0.25, 0.3) is 5.91 Å². The second kappa shape index (κ2) is 9.96. The zero-order valence-corrected chi connectivity index (χ0v) is 18.2. The van der Waals surface area contributed by atoms with Crippen LogP contribution in [0.25, 0.3) is 0 Å². The minimum absolute atomic E-state index is 0.0883. The summed E-state index contributed by atoms with van der Waals surface area (Å²) in [5, 5.41) is 7.67. The molecule has 1 fully saturated rings. The molecule has 3 N–H and O–H groups in total. The predicted molar refractivity (Wildman–Crippen MR) is 117 cm³/mol. The lowest BCUT2D eigenvalue weighted by atomic mass is 10.1. The summed E-state index contributed by atoms with van der Waals surface area (Å²) < 4.78 is 4.67. The molecule has 1 saturated heterocycles. The number of amides is 1. The number of piperazine rings is 1. The number of nitrogens with one attached hydrogen (secondary N) is 3. The Morgan fingerprint density at radius 2 is 1.97 bits per heavy atom.